The third kappa shape index (κ3) is 2.82. The predicted octanol–water partition coefficient (Wildman–Crippen LogP) is 2.30. The Morgan fingerprint density at radius 3 is 2.68 bits per heavy atom. The van der Waals surface area contributed by atoms with E-state index in [2.05, 4.69) is 5.32 Å². The van der Waals surface area contributed by atoms with Gasteiger partial charge in [-0.2, -0.15) is 0 Å². The molecule has 1 amide bonds. The highest BCUT2D eigenvalue weighted by atomic mass is 16.4. The molecule has 0 fully saturated rings. The van der Waals surface area contributed by atoms with E-state index in [4.69, 9.17) is 9.52 Å². The highest BCUT2D eigenvalue weighted by Gasteiger charge is 2.11. The minimum Gasteiger partial charge on any atom is -0.477 e. The second kappa shape index (κ2) is 4.97. The van der Waals surface area contributed by atoms with Gasteiger partial charge in [-0.1, -0.05) is 18.2 Å². The first-order valence-electron chi connectivity index (χ1n) is 5.69. The number of carbonyl (C=O) groups is 2. The van der Waals surface area contributed by atoms with E-state index in [-0.39, 0.29) is 5.70 Å². The van der Waals surface area contributed by atoms with Crippen molar-refractivity contribution in [3.8, 4) is 0 Å². The van der Waals surface area contributed by atoms with Crippen LogP contribution in [0.1, 0.15) is 18.2 Å². The molecule has 0 radical (unpaired) electrons. The third-order valence-electron chi connectivity index (χ3n) is 2.59. The molecule has 1 aromatic heterocycles. The number of carboxylic acid groups (broad SMARTS) is 1. The number of aliphatic carboxylic acids is 1. The van der Waals surface area contributed by atoms with Gasteiger partial charge in [0.1, 0.15) is 17.0 Å². The first kappa shape index (κ1) is 12.9. The number of furan rings is 1. The minimum atomic E-state index is -1.22. The molecule has 0 unspecified atom stereocenters. The zero-order valence-corrected chi connectivity index (χ0v) is 10.6. The lowest BCUT2D eigenvalue weighted by atomic mass is 10.2. The molecule has 0 saturated carbocycles. The smallest absolute Gasteiger partial charge is 0.352 e. The number of hydrogen-bond acceptors (Lipinski definition) is 3. The van der Waals surface area contributed by atoms with Crippen molar-refractivity contribution < 1.29 is 19.1 Å². The molecule has 2 aromatic rings. The van der Waals surface area contributed by atoms with Gasteiger partial charge in [-0.3, -0.25) is 4.79 Å². The zero-order chi connectivity index (χ0) is 14.0. The Balaban J connectivity index is 2.45. The minimum absolute atomic E-state index is 0.218. The van der Waals surface area contributed by atoms with Gasteiger partial charge in [-0.15, -0.1) is 0 Å². The van der Waals surface area contributed by atoms with Crippen molar-refractivity contribution in [1.82, 2.24) is 5.32 Å². The Bertz CT molecular complexity index is 682. The fraction of sp³-hybridized carbons (Fsp3) is 0.143. The van der Waals surface area contributed by atoms with E-state index in [1.54, 1.807) is 6.07 Å². The summed E-state index contributed by atoms with van der Waals surface area (Å²) in [7, 11) is 0. The number of amides is 1. The summed E-state index contributed by atoms with van der Waals surface area (Å²) in [4.78, 5) is 21.9. The number of fused-ring (bicyclic) bond motifs is 1. The molecular formula is C14H13NO4. The molecule has 1 heterocycles. The fourth-order valence-corrected chi connectivity index (χ4v) is 1.78. The summed E-state index contributed by atoms with van der Waals surface area (Å²) in [5.41, 5.74) is 1.46. The normalized spacial score (nSPS) is 11.6. The molecule has 19 heavy (non-hydrogen) atoms. The van der Waals surface area contributed by atoms with Crippen LogP contribution in [0.25, 0.3) is 17.0 Å². The topological polar surface area (TPSA) is 79.5 Å². The molecule has 0 atom stereocenters. The Labute approximate surface area is 109 Å². The van der Waals surface area contributed by atoms with Gasteiger partial charge in [-0.05, 0) is 18.6 Å². The molecule has 1 aromatic carbocycles. The van der Waals surface area contributed by atoms with Crippen molar-refractivity contribution in [2.45, 2.75) is 13.8 Å². The zero-order valence-electron chi connectivity index (χ0n) is 10.6. The molecule has 2 rings (SSSR count). The van der Waals surface area contributed by atoms with E-state index < -0.39 is 11.9 Å². The van der Waals surface area contributed by atoms with Crippen LogP contribution in [-0.4, -0.2) is 17.0 Å². The number of carbonyl (C=O) groups excluding carboxylic acids is 1. The summed E-state index contributed by atoms with van der Waals surface area (Å²) in [5.74, 6) is -1.27. The van der Waals surface area contributed by atoms with Gasteiger partial charge >= 0.3 is 5.97 Å². The van der Waals surface area contributed by atoms with E-state index >= 15 is 0 Å². The van der Waals surface area contributed by atoms with Crippen LogP contribution in [0.4, 0.5) is 0 Å². The van der Waals surface area contributed by atoms with Crippen molar-refractivity contribution in [2.24, 2.45) is 0 Å². The molecule has 0 aliphatic rings. The third-order valence-corrected chi connectivity index (χ3v) is 2.59. The van der Waals surface area contributed by atoms with Gasteiger partial charge in [0.05, 0.1) is 0 Å². The van der Waals surface area contributed by atoms with E-state index in [0.717, 1.165) is 10.9 Å². The van der Waals surface area contributed by atoms with Crippen LogP contribution in [0, 0.1) is 6.92 Å². The molecule has 0 saturated heterocycles. The molecule has 0 bridgehead atoms. The lowest BCUT2D eigenvalue weighted by Gasteiger charge is -2.00. The molecule has 5 nitrogen and oxygen atoms in total. The molecule has 0 aliphatic heterocycles. The SMILES string of the molecule is CC(=O)N/C(=C/c1cc2cccc(C)c2o1)C(=O)O. The van der Waals surface area contributed by atoms with Gasteiger partial charge in [0.25, 0.3) is 0 Å². The number of carboxylic acids is 1. The molecule has 0 aliphatic carbocycles. The van der Waals surface area contributed by atoms with Crippen LogP contribution >= 0.6 is 0 Å². The summed E-state index contributed by atoms with van der Waals surface area (Å²) in [6.45, 7) is 3.16. The number of rotatable bonds is 3. The Hall–Kier alpha value is -2.56. The number of hydrogen-bond donors (Lipinski definition) is 2. The molecule has 98 valence electrons. The van der Waals surface area contributed by atoms with Crippen molar-refractivity contribution in [3.05, 3.63) is 41.3 Å². The van der Waals surface area contributed by atoms with Gasteiger partial charge < -0.3 is 14.8 Å². The first-order chi connectivity index (χ1) is 8.97. The lowest BCUT2D eigenvalue weighted by molar-refractivity contribution is -0.134. The lowest BCUT2D eigenvalue weighted by Crippen LogP contribution is -2.24. The van der Waals surface area contributed by atoms with Crippen molar-refractivity contribution >= 4 is 28.9 Å². The van der Waals surface area contributed by atoms with E-state index in [9.17, 15) is 9.59 Å². The van der Waals surface area contributed by atoms with E-state index in [1.807, 2.05) is 25.1 Å². The largest absolute Gasteiger partial charge is 0.477 e. The predicted molar refractivity (Wildman–Crippen MR) is 70.4 cm³/mol. The summed E-state index contributed by atoms with van der Waals surface area (Å²) < 4.78 is 5.57. The van der Waals surface area contributed by atoms with Crippen molar-refractivity contribution in [2.75, 3.05) is 0 Å². The Morgan fingerprint density at radius 2 is 2.11 bits per heavy atom. The number of aryl methyl sites for hydroxylation is 1. The highest BCUT2D eigenvalue weighted by molar-refractivity contribution is 5.96. The van der Waals surface area contributed by atoms with Gasteiger partial charge in [0.15, 0.2) is 0 Å². The number of para-hydroxylation sites is 1. The first-order valence-corrected chi connectivity index (χ1v) is 5.69. The van der Waals surface area contributed by atoms with E-state index in [1.165, 1.54) is 13.0 Å². The molecule has 2 N–H and O–H groups in total. The van der Waals surface area contributed by atoms with Gasteiger partial charge in [0, 0.05) is 18.4 Å². The summed E-state index contributed by atoms with van der Waals surface area (Å²) >= 11 is 0. The summed E-state index contributed by atoms with van der Waals surface area (Å²) in [5, 5.41) is 12.1. The van der Waals surface area contributed by atoms with Crippen LogP contribution in [0.2, 0.25) is 0 Å². The second-order valence-corrected chi connectivity index (χ2v) is 4.19. The van der Waals surface area contributed by atoms with Crippen LogP contribution in [0.3, 0.4) is 0 Å². The maximum atomic E-state index is 11.0. The Kier molecular flexibility index (Phi) is 3.37. The maximum Gasteiger partial charge on any atom is 0.352 e. The van der Waals surface area contributed by atoms with Crippen LogP contribution < -0.4 is 5.32 Å². The van der Waals surface area contributed by atoms with Gasteiger partial charge in [-0.25, -0.2) is 4.79 Å². The fourth-order valence-electron chi connectivity index (χ4n) is 1.78. The van der Waals surface area contributed by atoms with Gasteiger partial charge in [0.2, 0.25) is 5.91 Å². The average Bonchev–Trinajstić information content (AvgIpc) is 2.71. The van der Waals surface area contributed by atoms with E-state index in [0.29, 0.717) is 11.3 Å². The number of benzene rings is 1. The van der Waals surface area contributed by atoms with Crippen LogP contribution in [0.5, 0.6) is 0 Å². The monoisotopic (exact) mass is 259 g/mol. The average molecular weight is 259 g/mol. The summed E-state index contributed by atoms with van der Waals surface area (Å²) in [6, 6.07) is 7.41. The van der Waals surface area contributed by atoms with Crippen LogP contribution in [-0.2, 0) is 9.59 Å². The highest BCUT2D eigenvalue weighted by Crippen LogP contribution is 2.23. The molecule has 5 heteroatoms. The van der Waals surface area contributed by atoms with Crippen molar-refractivity contribution in [3.63, 3.8) is 0 Å². The molecule has 0 spiro atoms. The standard InChI is InChI=1S/C14H13NO4/c1-8-4-3-5-10-6-11(19-13(8)10)7-12(14(17)18)15-9(2)16/h3-7H,1-2H3,(H,15,16)(H,17,18)/b12-7+. The second-order valence-electron chi connectivity index (χ2n) is 4.19. The molecular weight excluding hydrogens is 246 g/mol. The maximum absolute atomic E-state index is 11.0. The summed E-state index contributed by atoms with van der Waals surface area (Å²) in [6.07, 6.45) is 1.29. The Morgan fingerprint density at radius 1 is 1.37 bits per heavy atom. The number of nitrogens with one attached hydrogen (secondary N) is 1. The van der Waals surface area contributed by atoms with Crippen LogP contribution in [0.15, 0.2) is 34.4 Å². The quantitative estimate of drug-likeness (QED) is 0.829. The van der Waals surface area contributed by atoms with Crippen molar-refractivity contribution in [1.29, 1.82) is 0 Å².